The molecular weight excluding hydrogens is 248 g/mol. The number of hydrogen-bond donors (Lipinski definition) is 2. The van der Waals surface area contributed by atoms with Gasteiger partial charge in [0.05, 0.1) is 5.41 Å². The second kappa shape index (κ2) is 8.02. The Labute approximate surface area is 125 Å². The van der Waals surface area contributed by atoms with Crippen LogP contribution in [-0.2, 0) is 4.79 Å². The predicted molar refractivity (Wildman–Crippen MR) is 85.6 cm³/mol. The van der Waals surface area contributed by atoms with Crippen molar-refractivity contribution in [3.05, 3.63) is 0 Å². The fourth-order valence-corrected chi connectivity index (χ4v) is 3.61. The molecule has 1 saturated heterocycles. The van der Waals surface area contributed by atoms with E-state index in [0.717, 1.165) is 45.3 Å². The molecule has 1 rings (SSSR count). The van der Waals surface area contributed by atoms with Crippen molar-refractivity contribution in [3.8, 4) is 0 Å². The Morgan fingerprint density at radius 3 is 2.35 bits per heavy atom. The SMILES string of the molecule is CCCC1(C(=O)NCC(C(C)C)C(C)C)CCCNC1. The molecule has 3 heteroatoms. The largest absolute Gasteiger partial charge is 0.355 e. The predicted octanol–water partition coefficient (Wildman–Crippen LogP) is 3.20. The molecular formula is C17H34N2O. The first-order valence-corrected chi connectivity index (χ1v) is 8.42. The first kappa shape index (κ1) is 17.5. The van der Waals surface area contributed by atoms with Gasteiger partial charge in [-0.15, -0.1) is 0 Å². The van der Waals surface area contributed by atoms with Gasteiger partial charge < -0.3 is 10.6 Å². The Kier molecular flexibility index (Phi) is 7.01. The molecule has 1 heterocycles. The van der Waals surface area contributed by atoms with E-state index in [1.54, 1.807) is 0 Å². The molecule has 0 bridgehead atoms. The standard InChI is InChI=1S/C17H34N2O/c1-6-8-17(9-7-10-18-12-17)16(20)19-11-15(13(2)3)14(4)5/h13-15,18H,6-12H2,1-5H3,(H,19,20). The number of hydrogen-bond acceptors (Lipinski definition) is 2. The number of piperidine rings is 1. The van der Waals surface area contributed by atoms with Crippen molar-refractivity contribution in [2.75, 3.05) is 19.6 Å². The van der Waals surface area contributed by atoms with Gasteiger partial charge in [0.2, 0.25) is 5.91 Å². The van der Waals surface area contributed by atoms with Crippen molar-refractivity contribution in [1.29, 1.82) is 0 Å². The van der Waals surface area contributed by atoms with Gasteiger partial charge in [0.1, 0.15) is 0 Å². The first-order chi connectivity index (χ1) is 9.43. The molecule has 118 valence electrons. The molecule has 3 nitrogen and oxygen atoms in total. The lowest BCUT2D eigenvalue weighted by Crippen LogP contribution is -2.51. The lowest BCUT2D eigenvalue weighted by molar-refractivity contribution is -0.133. The Bertz CT molecular complexity index is 280. The average molecular weight is 282 g/mol. The van der Waals surface area contributed by atoms with Crippen molar-refractivity contribution in [2.24, 2.45) is 23.2 Å². The van der Waals surface area contributed by atoms with Gasteiger partial charge in [-0.3, -0.25) is 4.79 Å². The molecule has 0 saturated carbocycles. The molecule has 0 aromatic carbocycles. The number of carbonyl (C=O) groups excluding carboxylic acids is 1. The first-order valence-electron chi connectivity index (χ1n) is 8.42. The highest BCUT2D eigenvalue weighted by molar-refractivity contribution is 5.83. The van der Waals surface area contributed by atoms with Crippen LogP contribution in [0.1, 0.15) is 60.3 Å². The van der Waals surface area contributed by atoms with E-state index in [0.29, 0.717) is 17.8 Å². The molecule has 1 amide bonds. The van der Waals surface area contributed by atoms with Crippen LogP contribution in [0.25, 0.3) is 0 Å². The van der Waals surface area contributed by atoms with Gasteiger partial charge in [-0.1, -0.05) is 41.0 Å². The second-order valence-electron chi connectivity index (χ2n) is 7.17. The number of amides is 1. The third kappa shape index (κ3) is 4.47. The van der Waals surface area contributed by atoms with E-state index in [-0.39, 0.29) is 11.3 Å². The highest BCUT2D eigenvalue weighted by atomic mass is 16.2. The Morgan fingerprint density at radius 2 is 1.90 bits per heavy atom. The minimum absolute atomic E-state index is 0.161. The van der Waals surface area contributed by atoms with Gasteiger partial charge >= 0.3 is 0 Å². The van der Waals surface area contributed by atoms with Crippen LogP contribution in [0, 0.1) is 23.2 Å². The maximum atomic E-state index is 12.7. The van der Waals surface area contributed by atoms with Crippen molar-refractivity contribution in [1.82, 2.24) is 10.6 Å². The zero-order chi connectivity index (χ0) is 15.2. The Balaban J connectivity index is 2.62. The third-order valence-corrected chi connectivity index (χ3v) is 4.89. The maximum absolute atomic E-state index is 12.7. The fourth-order valence-electron chi connectivity index (χ4n) is 3.61. The summed E-state index contributed by atoms with van der Waals surface area (Å²) in [5.74, 6) is 2.07. The van der Waals surface area contributed by atoms with Crippen LogP contribution in [0.3, 0.4) is 0 Å². The minimum Gasteiger partial charge on any atom is -0.355 e. The summed E-state index contributed by atoms with van der Waals surface area (Å²) in [5, 5.41) is 6.68. The summed E-state index contributed by atoms with van der Waals surface area (Å²) in [5.41, 5.74) is -0.161. The highest BCUT2D eigenvalue weighted by Crippen LogP contribution is 2.32. The molecule has 2 N–H and O–H groups in total. The topological polar surface area (TPSA) is 41.1 Å². The lowest BCUT2D eigenvalue weighted by atomic mass is 9.76. The zero-order valence-corrected chi connectivity index (χ0v) is 14.1. The fraction of sp³-hybridized carbons (Fsp3) is 0.941. The van der Waals surface area contributed by atoms with Crippen LogP contribution in [0.15, 0.2) is 0 Å². The Hall–Kier alpha value is -0.570. The monoisotopic (exact) mass is 282 g/mol. The average Bonchev–Trinajstić information content (AvgIpc) is 2.39. The van der Waals surface area contributed by atoms with Crippen LogP contribution < -0.4 is 10.6 Å². The van der Waals surface area contributed by atoms with Gasteiger partial charge in [0.25, 0.3) is 0 Å². The smallest absolute Gasteiger partial charge is 0.227 e. The van der Waals surface area contributed by atoms with Gasteiger partial charge in [0, 0.05) is 13.1 Å². The maximum Gasteiger partial charge on any atom is 0.227 e. The van der Waals surface area contributed by atoms with Crippen molar-refractivity contribution >= 4 is 5.91 Å². The lowest BCUT2D eigenvalue weighted by Gasteiger charge is -2.37. The van der Waals surface area contributed by atoms with Crippen LogP contribution in [0.5, 0.6) is 0 Å². The van der Waals surface area contributed by atoms with E-state index in [1.165, 1.54) is 0 Å². The van der Waals surface area contributed by atoms with Gasteiger partial charge in [0.15, 0.2) is 0 Å². The van der Waals surface area contributed by atoms with E-state index in [1.807, 2.05) is 0 Å². The molecule has 0 aromatic heterocycles. The van der Waals surface area contributed by atoms with Crippen LogP contribution in [0.2, 0.25) is 0 Å². The molecule has 0 aliphatic carbocycles. The minimum atomic E-state index is -0.161. The van der Waals surface area contributed by atoms with E-state index in [9.17, 15) is 4.79 Å². The summed E-state index contributed by atoms with van der Waals surface area (Å²) in [6, 6.07) is 0. The van der Waals surface area contributed by atoms with Crippen LogP contribution in [0.4, 0.5) is 0 Å². The molecule has 1 aliphatic heterocycles. The normalized spacial score (nSPS) is 23.6. The Morgan fingerprint density at radius 1 is 1.25 bits per heavy atom. The van der Waals surface area contributed by atoms with Crippen LogP contribution in [-0.4, -0.2) is 25.5 Å². The molecule has 1 aliphatic rings. The molecule has 0 aromatic rings. The molecule has 0 radical (unpaired) electrons. The second-order valence-corrected chi connectivity index (χ2v) is 7.17. The molecule has 20 heavy (non-hydrogen) atoms. The highest BCUT2D eigenvalue weighted by Gasteiger charge is 2.38. The summed E-state index contributed by atoms with van der Waals surface area (Å²) < 4.78 is 0. The molecule has 1 atom stereocenters. The van der Waals surface area contributed by atoms with Crippen molar-refractivity contribution in [3.63, 3.8) is 0 Å². The van der Waals surface area contributed by atoms with Crippen molar-refractivity contribution < 1.29 is 4.79 Å². The van der Waals surface area contributed by atoms with Gasteiger partial charge in [-0.25, -0.2) is 0 Å². The zero-order valence-electron chi connectivity index (χ0n) is 14.1. The molecule has 0 spiro atoms. The third-order valence-electron chi connectivity index (χ3n) is 4.89. The summed E-state index contributed by atoms with van der Waals surface area (Å²) in [7, 11) is 0. The van der Waals surface area contributed by atoms with E-state index >= 15 is 0 Å². The molecule has 1 fully saturated rings. The van der Waals surface area contributed by atoms with E-state index in [2.05, 4.69) is 45.3 Å². The molecule has 1 unspecified atom stereocenters. The quantitative estimate of drug-likeness (QED) is 0.753. The number of nitrogens with one attached hydrogen (secondary N) is 2. The van der Waals surface area contributed by atoms with E-state index in [4.69, 9.17) is 0 Å². The van der Waals surface area contributed by atoms with Gasteiger partial charge in [-0.2, -0.15) is 0 Å². The van der Waals surface area contributed by atoms with Crippen molar-refractivity contribution in [2.45, 2.75) is 60.3 Å². The number of carbonyl (C=O) groups is 1. The van der Waals surface area contributed by atoms with Gasteiger partial charge in [-0.05, 0) is 43.6 Å². The number of rotatable bonds is 7. The summed E-state index contributed by atoms with van der Waals surface area (Å²) in [4.78, 5) is 12.7. The van der Waals surface area contributed by atoms with Crippen LogP contribution >= 0.6 is 0 Å². The van der Waals surface area contributed by atoms with E-state index < -0.39 is 0 Å². The summed E-state index contributed by atoms with van der Waals surface area (Å²) >= 11 is 0. The summed E-state index contributed by atoms with van der Waals surface area (Å²) in [6.07, 6.45) is 4.23. The summed E-state index contributed by atoms with van der Waals surface area (Å²) in [6.45, 7) is 13.9.